The van der Waals surface area contributed by atoms with Crippen LogP contribution in [-0.2, 0) is 0 Å². The highest BCUT2D eigenvalue weighted by atomic mass is 35.5. The molecule has 1 aliphatic heterocycles. The van der Waals surface area contributed by atoms with Crippen molar-refractivity contribution in [2.24, 2.45) is 0 Å². The molecule has 3 heteroatoms. The van der Waals surface area contributed by atoms with Crippen molar-refractivity contribution in [3.05, 3.63) is 20.8 Å². The summed E-state index contributed by atoms with van der Waals surface area (Å²) in [6.07, 6.45) is 6.66. The lowest BCUT2D eigenvalue weighted by atomic mass is 9.84. The fourth-order valence-corrected chi connectivity index (χ4v) is 4.23. The number of rotatable bonds is 2. The van der Waals surface area contributed by atoms with Crippen LogP contribution in [0.15, 0.2) is 6.07 Å². The molecule has 1 saturated carbocycles. The summed E-state index contributed by atoms with van der Waals surface area (Å²) in [5.74, 6) is 0.776. The molecule has 0 spiro atoms. The molecule has 1 aromatic heterocycles. The van der Waals surface area contributed by atoms with Crippen LogP contribution in [0.4, 0.5) is 0 Å². The molecule has 2 aliphatic rings. The van der Waals surface area contributed by atoms with E-state index in [2.05, 4.69) is 11.4 Å². The van der Waals surface area contributed by atoms with Gasteiger partial charge < -0.3 is 5.32 Å². The highest BCUT2D eigenvalue weighted by Gasteiger charge is 2.26. The molecule has 2 fully saturated rings. The second-order valence-corrected chi connectivity index (χ2v) is 6.16. The molecule has 0 amide bonds. The lowest BCUT2D eigenvalue weighted by molar-refractivity contribution is 0.426. The van der Waals surface area contributed by atoms with E-state index >= 15 is 0 Å². The third-order valence-electron chi connectivity index (χ3n) is 3.61. The zero-order chi connectivity index (χ0) is 10.3. The Bertz CT molecular complexity index is 351. The van der Waals surface area contributed by atoms with Gasteiger partial charge in [-0.25, -0.2) is 0 Å². The van der Waals surface area contributed by atoms with Crippen LogP contribution in [0.25, 0.3) is 0 Å². The van der Waals surface area contributed by atoms with Crippen molar-refractivity contribution in [2.45, 2.75) is 44.1 Å². The standard InChI is InChI=1S/C12H16ClNS/c13-9-7-11(10-5-2-6-14-10)15-12(9)8-3-1-4-8/h7-8,10,14H,1-6H2. The monoisotopic (exact) mass is 241 g/mol. The first-order valence-electron chi connectivity index (χ1n) is 5.87. The minimum Gasteiger partial charge on any atom is -0.309 e. The Morgan fingerprint density at radius 2 is 2.13 bits per heavy atom. The molecular weight excluding hydrogens is 226 g/mol. The smallest absolute Gasteiger partial charge is 0.0551 e. The molecule has 15 heavy (non-hydrogen) atoms. The van der Waals surface area contributed by atoms with E-state index in [1.165, 1.54) is 48.4 Å². The molecule has 1 aliphatic carbocycles. The van der Waals surface area contributed by atoms with Gasteiger partial charge >= 0.3 is 0 Å². The Morgan fingerprint density at radius 1 is 1.27 bits per heavy atom. The summed E-state index contributed by atoms with van der Waals surface area (Å²) < 4.78 is 0. The largest absolute Gasteiger partial charge is 0.309 e. The van der Waals surface area contributed by atoms with Crippen molar-refractivity contribution in [1.82, 2.24) is 5.32 Å². The Labute approximate surface area is 99.8 Å². The lowest BCUT2D eigenvalue weighted by Crippen LogP contribution is -2.11. The highest BCUT2D eigenvalue weighted by Crippen LogP contribution is 2.45. The SMILES string of the molecule is Clc1cc(C2CCCN2)sc1C1CCC1. The normalized spacial score (nSPS) is 26.9. The molecule has 1 nitrogen and oxygen atoms in total. The summed E-state index contributed by atoms with van der Waals surface area (Å²) in [5.41, 5.74) is 0. The number of nitrogens with one attached hydrogen (secondary N) is 1. The molecule has 0 aromatic carbocycles. The first-order chi connectivity index (χ1) is 7.34. The Kier molecular flexibility index (Phi) is 2.75. The quantitative estimate of drug-likeness (QED) is 0.822. The molecule has 82 valence electrons. The fourth-order valence-electron chi connectivity index (χ4n) is 2.45. The average Bonchev–Trinajstić information content (AvgIpc) is 2.72. The maximum atomic E-state index is 6.31. The number of hydrogen-bond donors (Lipinski definition) is 1. The number of thiophene rings is 1. The molecule has 1 N–H and O–H groups in total. The molecule has 0 radical (unpaired) electrons. The van der Waals surface area contributed by atoms with E-state index in [9.17, 15) is 0 Å². The van der Waals surface area contributed by atoms with Crippen LogP contribution in [0.2, 0.25) is 5.02 Å². The van der Waals surface area contributed by atoms with Crippen molar-refractivity contribution in [3.8, 4) is 0 Å². The predicted molar refractivity (Wildman–Crippen MR) is 65.9 cm³/mol. The summed E-state index contributed by atoms with van der Waals surface area (Å²) in [5, 5.41) is 4.56. The fraction of sp³-hybridized carbons (Fsp3) is 0.667. The van der Waals surface area contributed by atoms with Crippen molar-refractivity contribution < 1.29 is 0 Å². The van der Waals surface area contributed by atoms with E-state index in [0.29, 0.717) is 6.04 Å². The number of halogens is 1. The minimum atomic E-state index is 0.585. The Hall–Kier alpha value is -0.0500. The van der Waals surface area contributed by atoms with Gasteiger partial charge in [0.2, 0.25) is 0 Å². The molecule has 3 rings (SSSR count). The van der Waals surface area contributed by atoms with Crippen LogP contribution < -0.4 is 5.32 Å². The maximum absolute atomic E-state index is 6.31. The van der Waals surface area contributed by atoms with Crippen LogP contribution in [-0.4, -0.2) is 6.54 Å². The van der Waals surface area contributed by atoms with Crippen LogP contribution in [0.1, 0.15) is 53.8 Å². The van der Waals surface area contributed by atoms with Gasteiger partial charge in [-0.3, -0.25) is 0 Å². The van der Waals surface area contributed by atoms with Crippen molar-refractivity contribution >= 4 is 22.9 Å². The summed E-state index contributed by atoms with van der Waals surface area (Å²) in [7, 11) is 0. The van der Waals surface area contributed by atoms with E-state index in [0.717, 1.165) is 10.9 Å². The van der Waals surface area contributed by atoms with Crippen LogP contribution in [0.3, 0.4) is 0 Å². The molecule has 1 aromatic rings. The van der Waals surface area contributed by atoms with Gasteiger partial charge in [-0.15, -0.1) is 11.3 Å². The first-order valence-corrected chi connectivity index (χ1v) is 7.06. The number of hydrogen-bond acceptors (Lipinski definition) is 2. The molecular formula is C12H16ClNS. The lowest BCUT2D eigenvalue weighted by Gasteiger charge is -2.24. The van der Waals surface area contributed by atoms with Gasteiger partial charge in [-0.05, 0) is 44.2 Å². The zero-order valence-electron chi connectivity index (χ0n) is 8.76. The average molecular weight is 242 g/mol. The van der Waals surface area contributed by atoms with Gasteiger partial charge in [0.05, 0.1) is 5.02 Å². The van der Waals surface area contributed by atoms with E-state index in [1.54, 1.807) is 0 Å². The van der Waals surface area contributed by atoms with Crippen molar-refractivity contribution in [2.75, 3.05) is 6.54 Å². The van der Waals surface area contributed by atoms with Gasteiger partial charge in [0, 0.05) is 15.8 Å². The second-order valence-electron chi connectivity index (χ2n) is 4.64. The van der Waals surface area contributed by atoms with Gasteiger partial charge in [0.1, 0.15) is 0 Å². The van der Waals surface area contributed by atoms with Crippen LogP contribution in [0.5, 0.6) is 0 Å². The predicted octanol–water partition coefficient (Wildman–Crippen LogP) is 4.09. The molecule has 1 unspecified atom stereocenters. The zero-order valence-corrected chi connectivity index (χ0v) is 10.3. The van der Waals surface area contributed by atoms with E-state index in [4.69, 9.17) is 11.6 Å². The molecule has 2 heterocycles. The maximum Gasteiger partial charge on any atom is 0.0551 e. The van der Waals surface area contributed by atoms with Gasteiger partial charge in [0.15, 0.2) is 0 Å². The minimum absolute atomic E-state index is 0.585. The summed E-state index contributed by atoms with van der Waals surface area (Å²) in [4.78, 5) is 2.91. The topological polar surface area (TPSA) is 12.0 Å². The van der Waals surface area contributed by atoms with E-state index in [1.807, 2.05) is 11.3 Å². The second kappa shape index (κ2) is 4.08. The summed E-state index contributed by atoms with van der Waals surface area (Å²) >= 11 is 8.26. The van der Waals surface area contributed by atoms with Crippen molar-refractivity contribution in [3.63, 3.8) is 0 Å². The highest BCUT2D eigenvalue weighted by molar-refractivity contribution is 7.12. The third kappa shape index (κ3) is 1.83. The molecule has 1 atom stereocenters. The first kappa shape index (κ1) is 10.1. The van der Waals surface area contributed by atoms with E-state index in [-0.39, 0.29) is 0 Å². The third-order valence-corrected chi connectivity index (χ3v) is 5.45. The Balaban J connectivity index is 1.83. The summed E-state index contributed by atoms with van der Waals surface area (Å²) in [6, 6.07) is 2.78. The summed E-state index contributed by atoms with van der Waals surface area (Å²) in [6.45, 7) is 1.17. The molecule has 0 bridgehead atoms. The van der Waals surface area contributed by atoms with Crippen molar-refractivity contribution in [1.29, 1.82) is 0 Å². The Morgan fingerprint density at radius 3 is 2.73 bits per heavy atom. The van der Waals surface area contributed by atoms with Gasteiger partial charge in [-0.2, -0.15) is 0 Å². The van der Waals surface area contributed by atoms with Crippen LogP contribution >= 0.6 is 22.9 Å². The van der Waals surface area contributed by atoms with E-state index < -0.39 is 0 Å². The van der Waals surface area contributed by atoms with Gasteiger partial charge in [-0.1, -0.05) is 18.0 Å². The van der Waals surface area contributed by atoms with Gasteiger partial charge in [0.25, 0.3) is 0 Å². The van der Waals surface area contributed by atoms with Crippen LogP contribution in [0, 0.1) is 0 Å². The molecule has 1 saturated heterocycles.